The zero-order valence-corrected chi connectivity index (χ0v) is 10.7. The molecule has 2 atom stereocenters. The lowest BCUT2D eigenvalue weighted by Gasteiger charge is -2.09. The van der Waals surface area contributed by atoms with Crippen LogP contribution in [0.15, 0.2) is 6.33 Å². The van der Waals surface area contributed by atoms with Crippen molar-refractivity contribution in [3.05, 3.63) is 11.5 Å². The second-order valence-corrected chi connectivity index (χ2v) is 5.43. The van der Waals surface area contributed by atoms with Gasteiger partial charge in [-0.05, 0) is 0 Å². The van der Waals surface area contributed by atoms with E-state index in [1.54, 1.807) is 6.33 Å². The molecule has 0 aliphatic carbocycles. The minimum absolute atomic E-state index is 0.00230. The smallest absolute Gasteiger partial charge is 0.223 e. The molecular formula is C9H10ClN5O2S. The minimum Gasteiger partial charge on any atom is -0.393 e. The Morgan fingerprint density at radius 1 is 1.61 bits per heavy atom. The number of imidazole rings is 1. The van der Waals surface area contributed by atoms with Crippen LogP contribution in [0.5, 0.6) is 0 Å². The van der Waals surface area contributed by atoms with Gasteiger partial charge in [0.2, 0.25) is 5.95 Å². The second kappa shape index (κ2) is 4.54. The highest BCUT2D eigenvalue weighted by Crippen LogP contribution is 2.37. The summed E-state index contributed by atoms with van der Waals surface area (Å²) in [6.07, 6.45) is 1.63. The number of nitrogens with two attached hydrogens (primary N) is 1. The molecule has 0 saturated carbocycles. The largest absolute Gasteiger partial charge is 0.393 e. The van der Waals surface area contributed by atoms with Crippen LogP contribution >= 0.6 is 23.4 Å². The van der Waals surface area contributed by atoms with Crippen LogP contribution in [0.2, 0.25) is 5.15 Å². The van der Waals surface area contributed by atoms with Crippen LogP contribution in [0.1, 0.15) is 5.37 Å². The molecule has 1 fully saturated rings. The molecule has 1 aliphatic heterocycles. The van der Waals surface area contributed by atoms with Gasteiger partial charge in [-0.3, -0.25) is 4.57 Å². The monoisotopic (exact) mass is 287 g/mol. The van der Waals surface area contributed by atoms with Crippen molar-refractivity contribution >= 4 is 40.5 Å². The maximum absolute atomic E-state index is 9.05. The molecule has 1 aliphatic rings. The number of nitrogens with zero attached hydrogens (tertiary/aromatic N) is 4. The summed E-state index contributed by atoms with van der Waals surface area (Å²) in [5.41, 5.74) is 6.45. The molecule has 0 unspecified atom stereocenters. The molecule has 0 bridgehead atoms. The first-order valence-electron chi connectivity index (χ1n) is 5.22. The number of nitrogen functional groups attached to an aromatic ring is 1. The average molecular weight is 288 g/mol. The number of aromatic nitrogens is 4. The first kappa shape index (κ1) is 12.0. The number of aliphatic hydroxyl groups excluding tert-OH is 1. The Labute approximate surface area is 111 Å². The van der Waals surface area contributed by atoms with Gasteiger partial charge < -0.3 is 15.6 Å². The Morgan fingerprint density at radius 3 is 3.17 bits per heavy atom. The number of aliphatic hydroxyl groups is 1. The number of fused-ring (bicyclic) bond motifs is 1. The first-order chi connectivity index (χ1) is 8.69. The molecular weight excluding hydrogens is 278 g/mol. The van der Waals surface area contributed by atoms with E-state index < -0.39 is 0 Å². The number of halogens is 1. The number of thioether (sulfide) groups is 1. The van der Waals surface area contributed by atoms with E-state index in [1.165, 1.54) is 11.8 Å². The van der Waals surface area contributed by atoms with Crippen LogP contribution in [0.3, 0.4) is 0 Å². The van der Waals surface area contributed by atoms with Gasteiger partial charge in [-0.25, -0.2) is 4.98 Å². The van der Waals surface area contributed by atoms with E-state index in [2.05, 4.69) is 15.0 Å². The van der Waals surface area contributed by atoms with E-state index in [-0.39, 0.29) is 28.5 Å². The van der Waals surface area contributed by atoms with Crippen molar-refractivity contribution in [2.75, 3.05) is 18.9 Å². The number of anilines is 1. The Morgan fingerprint density at radius 2 is 2.44 bits per heavy atom. The van der Waals surface area contributed by atoms with Gasteiger partial charge in [0.05, 0.1) is 19.5 Å². The molecule has 7 nitrogen and oxygen atoms in total. The van der Waals surface area contributed by atoms with Crippen LogP contribution in [-0.4, -0.2) is 43.3 Å². The molecule has 18 heavy (non-hydrogen) atoms. The Kier molecular flexibility index (Phi) is 3.02. The van der Waals surface area contributed by atoms with Crippen molar-refractivity contribution in [2.24, 2.45) is 0 Å². The van der Waals surface area contributed by atoms with Crippen LogP contribution in [0.25, 0.3) is 11.2 Å². The van der Waals surface area contributed by atoms with Crippen molar-refractivity contribution in [3.63, 3.8) is 0 Å². The highest BCUT2D eigenvalue weighted by Gasteiger charge is 2.28. The lowest BCUT2D eigenvalue weighted by Crippen LogP contribution is -2.06. The van der Waals surface area contributed by atoms with E-state index in [9.17, 15) is 0 Å². The standard InChI is InChI=1S/C9H10ClN5O2S/c10-7-6-8(14-9(11)13-7)15(3-12-6)4-2-17-5(1-16)18-4/h3-5,16H,1-2H2,(H2,11,13,14)/t4-,5-/m0/s1. The molecule has 0 aromatic carbocycles. The van der Waals surface area contributed by atoms with Gasteiger partial charge in [-0.2, -0.15) is 9.97 Å². The lowest BCUT2D eigenvalue weighted by molar-refractivity contribution is 0.0810. The predicted octanol–water partition coefficient (Wildman–Crippen LogP) is 0.642. The summed E-state index contributed by atoms with van der Waals surface area (Å²) >= 11 is 7.45. The van der Waals surface area contributed by atoms with Gasteiger partial charge in [0.25, 0.3) is 0 Å². The van der Waals surface area contributed by atoms with E-state index in [1.807, 2.05) is 4.57 Å². The van der Waals surface area contributed by atoms with Crippen LogP contribution in [0, 0.1) is 0 Å². The van der Waals surface area contributed by atoms with E-state index in [4.69, 9.17) is 27.2 Å². The zero-order valence-electron chi connectivity index (χ0n) is 9.15. The predicted molar refractivity (Wildman–Crippen MR) is 68.2 cm³/mol. The van der Waals surface area contributed by atoms with Gasteiger partial charge in [0.15, 0.2) is 10.8 Å². The number of rotatable bonds is 2. The van der Waals surface area contributed by atoms with Crippen molar-refractivity contribution in [1.29, 1.82) is 0 Å². The van der Waals surface area contributed by atoms with Crippen molar-refractivity contribution < 1.29 is 9.84 Å². The molecule has 0 radical (unpaired) electrons. The Bertz CT molecular complexity index is 592. The summed E-state index contributed by atoms with van der Waals surface area (Å²) in [6.45, 7) is 0.453. The van der Waals surface area contributed by atoms with Gasteiger partial charge in [0.1, 0.15) is 16.3 Å². The van der Waals surface area contributed by atoms with Gasteiger partial charge >= 0.3 is 0 Å². The van der Waals surface area contributed by atoms with E-state index >= 15 is 0 Å². The fourth-order valence-electron chi connectivity index (χ4n) is 1.79. The molecule has 2 aromatic rings. The summed E-state index contributed by atoms with van der Waals surface area (Å²) in [4.78, 5) is 12.2. The molecule has 0 amide bonds. The lowest BCUT2D eigenvalue weighted by atomic mass is 10.5. The Hall–Kier alpha value is -1.09. The van der Waals surface area contributed by atoms with Crippen molar-refractivity contribution in [1.82, 2.24) is 19.5 Å². The van der Waals surface area contributed by atoms with Crippen LogP contribution in [-0.2, 0) is 4.74 Å². The van der Waals surface area contributed by atoms with Gasteiger partial charge in [0, 0.05) is 0 Å². The number of ether oxygens (including phenoxy) is 1. The SMILES string of the molecule is Nc1nc(Cl)c2ncn([C@@H]3CO[C@H](CO)S3)c2n1. The second-order valence-electron chi connectivity index (χ2n) is 3.73. The van der Waals surface area contributed by atoms with Crippen molar-refractivity contribution in [3.8, 4) is 0 Å². The maximum Gasteiger partial charge on any atom is 0.223 e. The molecule has 0 spiro atoms. The third-order valence-electron chi connectivity index (χ3n) is 2.59. The maximum atomic E-state index is 9.05. The average Bonchev–Trinajstić information content (AvgIpc) is 2.93. The van der Waals surface area contributed by atoms with Crippen LogP contribution in [0.4, 0.5) is 5.95 Å². The molecule has 3 N–H and O–H groups in total. The quantitative estimate of drug-likeness (QED) is 0.782. The van der Waals surface area contributed by atoms with Gasteiger partial charge in [-0.1, -0.05) is 11.6 Å². The van der Waals surface area contributed by atoms with E-state index in [0.29, 0.717) is 17.8 Å². The number of hydrogen-bond acceptors (Lipinski definition) is 7. The van der Waals surface area contributed by atoms with Crippen LogP contribution < -0.4 is 5.73 Å². The molecule has 9 heteroatoms. The minimum atomic E-state index is -0.220. The third-order valence-corrected chi connectivity index (χ3v) is 4.12. The fraction of sp³-hybridized carbons (Fsp3) is 0.444. The summed E-state index contributed by atoms with van der Waals surface area (Å²) in [5, 5.41) is 9.28. The Balaban J connectivity index is 2.03. The highest BCUT2D eigenvalue weighted by molar-refractivity contribution is 8.00. The summed E-state index contributed by atoms with van der Waals surface area (Å²) in [7, 11) is 0. The first-order valence-corrected chi connectivity index (χ1v) is 6.54. The summed E-state index contributed by atoms with van der Waals surface area (Å²) in [5.74, 6) is 0.108. The molecule has 96 valence electrons. The fourth-order valence-corrected chi connectivity index (χ4v) is 3.05. The summed E-state index contributed by atoms with van der Waals surface area (Å²) < 4.78 is 7.24. The molecule has 3 rings (SSSR count). The molecule has 3 heterocycles. The third kappa shape index (κ3) is 1.91. The van der Waals surface area contributed by atoms with Crippen molar-refractivity contribution in [2.45, 2.75) is 10.8 Å². The molecule has 1 saturated heterocycles. The zero-order chi connectivity index (χ0) is 12.7. The molecule has 2 aromatic heterocycles. The number of hydrogen-bond donors (Lipinski definition) is 2. The topological polar surface area (TPSA) is 99.1 Å². The van der Waals surface area contributed by atoms with E-state index in [0.717, 1.165) is 0 Å². The summed E-state index contributed by atoms with van der Waals surface area (Å²) in [6, 6.07) is 0. The highest BCUT2D eigenvalue weighted by atomic mass is 35.5. The van der Waals surface area contributed by atoms with Gasteiger partial charge in [-0.15, -0.1) is 11.8 Å². The normalized spacial score (nSPS) is 23.9.